The van der Waals surface area contributed by atoms with Crippen molar-refractivity contribution in [2.75, 3.05) is 82.6 Å². The Kier molecular flexibility index (Phi) is 103. The van der Waals surface area contributed by atoms with Crippen molar-refractivity contribution in [3.63, 3.8) is 0 Å². The summed E-state index contributed by atoms with van der Waals surface area (Å²) in [5.41, 5.74) is 0. The van der Waals surface area contributed by atoms with Gasteiger partial charge in [0, 0.05) is 26.2 Å². The van der Waals surface area contributed by atoms with E-state index < -0.39 is 0 Å². The van der Waals surface area contributed by atoms with E-state index in [0.717, 1.165) is 26.2 Å². The highest BCUT2D eigenvalue weighted by Gasteiger charge is 1.90. The highest BCUT2D eigenvalue weighted by atomic mass is 32.0. The predicted molar refractivity (Wildman–Crippen MR) is 157 cm³/mol. The van der Waals surface area contributed by atoms with Gasteiger partial charge in [0.2, 0.25) is 0 Å². The summed E-state index contributed by atoms with van der Waals surface area (Å²) in [4.78, 5) is 8.72. The van der Waals surface area contributed by atoms with E-state index in [9.17, 15) is 0 Å². The Morgan fingerprint density at radius 2 is 0.500 bits per heavy atom. The number of hydrogen-bond acceptors (Lipinski definition) is 8. The van der Waals surface area contributed by atoms with Gasteiger partial charge in [0.05, 0.1) is 0 Å². The number of hydrogen-bond donors (Lipinski definition) is 0. The van der Waals surface area contributed by atoms with E-state index in [4.69, 9.17) is 18.3 Å². The zero-order chi connectivity index (χ0) is 24.0. The van der Waals surface area contributed by atoms with Gasteiger partial charge < -0.3 is 19.6 Å². The number of likely N-dealkylation sites (N-methyl/N-ethyl adjacent to an activating group) is 4. The van der Waals surface area contributed by atoms with E-state index >= 15 is 0 Å². The van der Waals surface area contributed by atoms with Crippen molar-refractivity contribution < 1.29 is 18.3 Å². The first-order chi connectivity index (χ1) is 12.9. The quantitative estimate of drug-likeness (QED) is 0.365. The molecule has 0 aromatic carbocycles. The molecule has 0 amide bonds. The highest BCUT2D eigenvalue weighted by Crippen LogP contribution is 2.00. The van der Waals surface area contributed by atoms with Crippen molar-refractivity contribution in [1.29, 1.82) is 0 Å². The standard InChI is InChI=1S/2C6H16N2.2CH4.4H2OP2/c2*1-7(2)5-6-8(3)4;;;4*1-3-2/h2*5-6H2,1-4H3;2*1H4;4*2H2. The Morgan fingerprint density at radius 3 is 0.533 bits per heavy atom. The Morgan fingerprint density at radius 1 is 0.433 bits per heavy atom. The summed E-state index contributed by atoms with van der Waals surface area (Å²) in [6.45, 7) is 4.58. The monoisotopic (exact) mass is 584 g/mol. The average molecular weight is 584 g/mol. The van der Waals surface area contributed by atoms with Crippen LogP contribution < -0.4 is 0 Å². The second-order valence-electron chi connectivity index (χ2n) is 5.63. The molecule has 0 saturated heterocycles. The van der Waals surface area contributed by atoms with Gasteiger partial charge in [0.1, 0.15) is 0 Å². The van der Waals surface area contributed by atoms with Crippen molar-refractivity contribution in [1.82, 2.24) is 19.6 Å². The SMILES string of the molecule is C.C.CN(C)CCN(C)C.CN(C)CCN(C)C.O=PP.O=PP.O=PP.O=PP. The minimum atomic E-state index is 0. The van der Waals surface area contributed by atoms with Crippen LogP contribution in [0.4, 0.5) is 0 Å². The summed E-state index contributed by atoms with van der Waals surface area (Å²) >= 11 is 0. The van der Waals surface area contributed by atoms with Gasteiger partial charge in [0.15, 0.2) is 32.6 Å². The molecule has 4 atom stereocenters. The first-order valence-electron chi connectivity index (χ1n) is 7.61. The lowest BCUT2D eigenvalue weighted by Crippen LogP contribution is -2.25. The average Bonchev–Trinajstić information content (AvgIpc) is 2.55. The van der Waals surface area contributed by atoms with Gasteiger partial charge in [-0.2, -0.15) is 0 Å². The van der Waals surface area contributed by atoms with Gasteiger partial charge in [-0.05, 0) is 92.1 Å². The van der Waals surface area contributed by atoms with Crippen LogP contribution >= 0.6 is 68.3 Å². The second-order valence-corrected chi connectivity index (χ2v) is 9.01. The first kappa shape index (κ1) is 53.4. The van der Waals surface area contributed by atoms with Crippen LogP contribution in [0.25, 0.3) is 0 Å². The third kappa shape index (κ3) is 176. The Hall–Kier alpha value is 1.96. The van der Waals surface area contributed by atoms with Gasteiger partial charge in [-0.25, -0.2) is 0 Å². The molecule has 0 aliphatic carbocycles. The second kappa shape index (κ2) is 57.6. The summed E-state index contributed by atoms with van der Waals surface area (Å²) in [5, 5.41) is 0. The lowest BCUT2D eigenvalue weighted by molar-refractivity contribution is 0.320. The molecule has 0 bridgehead atoms. The fourth-order valence-corrected chi connectivity index (χ4v) is 0.800. The molecule has 0 heterocycles. The summed E-state index contributed by atoms with van der Waals surface area (Å²) in [6.07, 6.45) is 0. The summed E-state index contributed by atoms with van der Waals surface area (Å²) in [7, 11) is 25.0. The van der Waals surface area contributed by atoms with E-state index in [1.54, 1.807) is 0 Å². The maximum absolute atomic E-state index is 8.87. The molecule has 8 nitrogen and oxygen atoms in total. The Labute approximate surface area is 203 Å². The predicted octanol–water partition coefficient (Wildman–Crippen LogP) is 5.76. The van der Waals surface area contributed by atoms with Crippen LogP contribution in [-0.4, -0.2) is 102 Å². The molecular formula is C14H48N4O4P8. The van der Waals surface area contributed by atoms with Crippen molar-refractivity contribution in [2.24, 2.45) is 0 Å². The van der Waals surface area contributed by atoms with Gasteiger partial charge in [0.25, 0.3) is 0 Å². The molecule has 4 unspecified atom stereocenters. The van der Waals surface area contributed by atoms with Gasteiger partial charge in [-0.1, -0.05) is 14.9 Å². The molecule has 0 aromatic rings. The Balaban J connectivity index is -0.0000000342. The van der Waals surface area contributed by atoms with Crippen LogP contribution in [0.15, 0.2) is 0 Å². The third-order valence-electron chi connectivity index (χ3n) is 1.99. The fourth-order valence-electron chi connectivity index (χ4n) is 0.800. The summed E-state index contributed by atoms with van der Waals surface area (Å²) < 4.78 is 35.5. The third-order valence-corrected chi connectivity index (χ3v) is 1.99. The molecule has 0 saturated carbocycles. The van der Waals surface area contributed by atoms with E-state index in [0.29, 0.717) is 0 Å². The number of rotatable bonds is 6. The molecule has 0 rings (SSSR count). The maximum atomic E-state index is 8.87. The molecule has 0 spiro atoms. The van der Waals surface area contributed by atoms with Crippen LogP contribution in [0.1, 0.15) is 14.9 Å². The van der Waals surface area contributed by atoms with Crippen LogP contribution in [0.5, 0.6) is 0 Å². The van der Waals surface area contributed by atoms with Crippen molar-refractivity contribution in [3.05, 3.63) is 0 Å². The van der Waals surface area contributed by atoms with Crippen LogP contribution in [0, 0.1) is 0 Å². The smallest absolute Gasteiger partial charge is 0.174 e. The van der Waals surface area contributed by atoms with Gasteiger partial charge in [-0.15, -0.1) is 0 Å². The number of nitrogens with zero attached hydrogens (tertiary/aromatic N) is 4. The first-order valence-corrected chi connectivity index (χ1v) is 17.3. The molecule has 0 radical (unpaired) electrons. The van der Waals surface area contributed by atoms with Gasteiger partial charge in [-0.3, -0.25) is 18.3 Å². The van der Waals surface area contributed by atoms with Crippen molar-refractivity contribution >= 4 is 68.3 Å². The fraction of sp³-hybridized carbons (Fsp3) is 1.00. The van der Waals surface area contributed by atoms with Crippen LogP contribution in [-0.2, 0) is 18.3 Å². The van der Waals surface area contributed by atoms with E-state index in [1.165, 1.54) is 0 Å². The normalized spacial score (nSPS) is 8.80. The molecule has 30 heavy (non-hydrogen) atoms. The van der Waals surface area contributed by atoms with E-state index in [-0.39, 0.29) is 47.4 Å². The minimum absolute atomic E-state index is 0. The molecule has 0 fully saturated rings. The van der Waals surface area contributed by atoms with Crippen LogP contribution in [0.2, 0.25) is 0 Å². The molecule has 0 aliphatic heterocycles. The van der Waals surface area contributed by atoms with Gasteiger partial charge >= 0.3 is 0 Å². The van der Waals surface area contributed by atoms with Crippen molar-refractivity contribution in [2.45, 2.75) is 14.9 Å². The summed E-state index contributed by atoms with van der Waals surface area (Å²) in [6, 6.07) is 0. The van der Waals surface area contributed by atoms with E-state index in [1.807, 2.05) is 35.7 Å². The zero-order valence-corrected chi connectivity index (χ0v) is 26.5. The largest absolute Gasteiger partial charge is 0.308 e. The van der Waals surface area contributed by atoms with E-state index in [2.05, 4.69) is 76.0 Å². The molecule has 0 aliphatic rings. The summed E-state index contributed by atoms with van der Waals surface area (Å²) in [5.74, 6) is 0. The van der Waals surface area contributed by atoms with Crippen molar-refractivity contribution in [3.8, 4) is 0 Å². The maximum Gasteiger partial charge on any atom is 0.174 e. The lowest BCUT2D eigenvalue weighted by Gasteiger charge is -2.13. The zero-order valence-electron chi connectivity index (χ0n) is 18.3. The Bertz CT molecular complexity index is 251. The lowest BCUT2D eigenvalue weighted by atomic mass is 10.5. The molecule has 0 N–H and O–H groups in total. The topological polar surface area (TPSA) is 81.2 Å². The minimum Gasteiger partial charge on any atom is -0.308 e. The highest BCUT2D eigenvalue weighted by molar-refractivity contribution is 7.96. The molecular weight excluding hydrogens is 536 g/mol. The van der Waals surface area contributed by atoms with Crippen LogP contribution in [0.3, 0.4) is 0 Å². The molecule has 16 heteroatoms. The molecule has 0 aromatic heterocycles. The molecule has 188 valence electrons.